The Bertz CT molecular complexity index is 1580. The van der Waals surface area contributed by atoms with E-state index in [4.69, 9.17) is 24.2 Å². The highest BCUT2D eigenvalue weighted by molar-refractivity contribution is 6.33. The van der Waals surface area contributed by atoms with Crippen molar-refractivity contribution in [1.29, 1.82) is 0 Å². The number of carbonyl (C=O) groups excluding carboxylic acids is 1. The van der Waals surface area contributed by atoms with Gasteiger partial charge in [0.1, 0.15) is 10.8 Å². The number of aromatic nitrogens is 4. The van der Waals surface area contributed by atoms with Crippen LogP contribution in [0.4, 0.5) is 28.8 Å². The van der Waals surface area contributed by atoms with E-state index in [0.717, 1.165) is 42.5 Å². The highest BCUT2D eigenvalue weighted by atomic mass is 35.5. The quantitative estimate of drug-likeness (QED) is 0.205. The van der Waals surface area contributed by atoms with Crippen molar-refractivity contribution in [1.82, 2.24) is 19.7 Å². The van der Waals surface area contributed by atoms with E-state index in [-0.39, 0.29) is 11.4 Å². The van der Waals surface area contributed by atoms with Crippen LogP contribution in [0.25, 0.3) is 10.9 Å². The van der Waals surface area contributed by atoms with E-state index in [0.29, 0.717) is 33.4 Å². The minimum Gasteiger partial charge on any atom is -0.481 e. The summed E-state index contributed by atoms with van der Waals surface area (Å²) in [6.45, 7) is 1.15. The zero-order valence-corrected chi connectivity index (χ0v) is 22.3. The summed E-state index contributed by atoms with van der Waals surface area (Å²) in [5, 5.41) is 32.2. The number of amides is 1. The van der Waals surface area contributed by atoms with E-state index in [1.54, 1.807) is 18.3 Å². The molecule has 12 nitrogen and oxygen atoms in total. The van der Waals surface area contributed by atoms with Crippen molar-refractivity contribution in [2.24, 2.45) is 7.05 Å². The molecule has 0 unspecified atom stereocenters. The first-order valence-corrected chi connectivity index (χ1v) is 13.1. The van der Waals surface area contributed by atoms with Crippen molar-refractivity contribution in [3.63, 3.8) is 0 Å². The lowest BCUT2D eigenvalue weighted by molar-refractivity contribution is -0.136. The van der Waals surface area contributed by atoms with Crippen molar-refractivity contribution in [3.8, 4) is 5.75 Å². The molecule has 0 bridgehead atoms. The highest BCUT2D eigenvalue weighted by Crippen LogP contribution is 2.38. The molecule has 14 heteroatoms. The Morgan fingerprint density at radius 3 is 2.67 bits per heavy atom. The Morgan fingerprint density at radius 2 is 1.90 bits per heavy atom. The van der Waals surface area contributed by atoms with Gasteiger partial charge in [0.05, 0.1) is 23.6 Å². The molecule has 1 saturated heterocycles. The maximum atomic E-state index is 12.1. The molecule has 0 spiro atoms. The minimum atomic E-state index is -2.86. The smallest absolute Gasteiger partial charge is 0.268 e. The van der Waals surface area contributed by atoms with Gasteiger partial charge in [-0.3, -0.25) is 14.4 Å². The minimum absolute atomic E-state index is 0.125. The molecule has 0 saturated carbocycles. The number of nitrogens with one attached hydrogen (secondary N) is 2. The summed E-state index contributed by atoms with van der Waals surface area (Å²) in [6, 6.07) is 11.3. The Kier molecular flexibility index (Phi) is 6.65. The molecule has 4 aromatic rings. The molecule has 1 fully saturated rings. The summed E-state index contributed by atoms with van der Waals surface area (Å²) >= 11 is 6.40. The van der Waals surface area contributed by atoms with Crippen LogP contribution in [0.2, 0.25) is 5.02 Å². The van der Waals surface area contributed by atoms with Crippen LogP contribution in [0.1, 0.15) is 12.8 Å². The Morgan fingerprint density at radius 1 is 1.12 bits per heavy atom. The summed E-state index contributed by atoms with van der Waals surface area (Å²) in [4.78, 5) is 24.0. The van der Waals surface area contributed by atoms with Crippen molar-refractivity contribution >= 4 is 65.1 Å². The van der Waals surface area contributed by atoms with Gasteiger partial charge in [0.25, 0.3) is 5.91 Å². The first-order valence-electron chi connectivity index (χ1n) is 12.7. The fourth-order valence-electron chi connectivity index (χ4n) is 5.02. The molecule has 4 heterocycles. The van der Waals surface area contributed by atoms with Crippen LogP contribution in [0.15, 0.2) is 48.8 Å². The summed E-state index contributed by atoms with van der Waals surface area (Å²) < 4.78 is 7.34. The van der Waals surface area contributed by atoms with Crippen LogP contribution in [0.5, 0.6) is 5.75 Å². The second-order valence-corrected chi connectivity index (χ2v) is 10.2. The lowest BCUT2D eigenvalue weighted by Crippen LogP contribution is -2.56. The zero-order valence-electron chi connectivity index (χ0n) is 21.6. The molecular weight excluding hydrogens is 535 g/mol. The van der Waals surface area contributed by atoms with Crippen LogP contribution in [-0.4, -0.2) is 75.3 Å². The number of aryl methyl sites for hydroxylation is 1. The van der Waals surface area contributed by atoms with E-state index in [1.807, 2.05) is 17.9 Å². The standard InChI is InChI=1S/C26H26BClN8O4/c1-34-21-10-17(3-2-15(21)12-30-34)31-16-6-8-35(9-7-16)25-29-13-19(28)24(33-25)32-18-4-5-20-22(11-18)40-14-23(37)36(20)26(27,38)39/h2-5,10-13,16,31,38-39H,6-9,14H2,1H3,(H,29,32,33). The fraction of sp³-hybridized carbons (Fsp3) is 0.308. The van der Waals surface area contributed by atoms with Gasteiger partial charge in [0.15, 0.2) is 26.1 Å². The lowest BCUT2D eigenvalue weighted by Gasteiger charge is -2.37. The number of hydrogen-bond acceptors (Lipinski definition) is 10. The largest absolute Gasteiger partial charge is 0.481 e. The molecule has 1 amide bonds. The van der Waals surface area contributed by atoms with Crippen LogP contribution >= 0.6 is 11.6 Å². The highest BCUT2D eigenvalue weighted by Gasteiger charge is 2.37. The monoisotopic (exact) mass is 560 g/mol. The van der Waals surface area contributed by atoms with Gasteiger partial charge < -0.3 is 30.5 Å². The maximum Gasteiger partial charge on any atom is 0.268 e. The van der Waals surface area contributed by atoms with Gasteiger partial charge in [-0.15, -0.1) is 0 Å². The van der Waals surface area contributed by atoms with E-state index in [1.165, 1.54) is 6.07 Å². The molecule has 2 aliphatic heterocycles. The first-order chi connectivity index (χ1) is 19.2. The number of halogens is 1. The van der Waals surface area contributed by atoms with Crippen molar-refractivity contribution in [3.05, 3.63) is 53.8 Å². The Balaban J connectivity index is 1.13. The SMILES string of the molecule is [B]C(O)(O)N1C(=O)COc2cc(Nc3nc(N4CCC(Nc5ccc6cnn(C)c6c5)CC4)ncc3Cl)ccc21. The third kappa shape index (κ3) is 5.10. The van der Waals surface area contributed by atoms with E-state index in [2.05, 4.69) is 48.8 Å². The number of aliphatic hydroxyl groups is 2. The average molecular weight is 561 g/mol. The Hall–Kier alpha value is -4.07. The summed E-state index contributed by atoms with van der Waals surface area (Å²) in [5.74, 6) is -2.34. The number of rotatable bonds is 6. The van der Waals surface area contributed by atoms with Crippen LogP contribution in [0, 0.1) is 0 Å². The van der Waals surface area contributed by atoms with Gasteiger partial charge in [-0.1, -0.05) is 11.6 Å². The first kappa shape index (κ1) is 26.2. The Labute approximate surface area is 235 Å². The maximum absolute atomic E-state index is 12.1. The predicted molar refractivity (Wildman–Crippen MR) is 152 cm³/mol. The molecule has 2 aromatic heterocycles. The number of fused-ring (bicyclic) bond motifs is 2. The molecule has 6 rings (SSSR count). The summed E-state index contributed by atoms with van der Waals surface area (Å²) in [6.07, 6.45) is 5.23. The summed E-state index contributed by atoms with van der Waals surface area (Å²) in [7, 11) is 7.29. The lowest BCUT2D eigenvalue weighted by atomic mass is 10.0. The molecule has 4 N–H and O–H groups in total. The van der Waals surface area contributed by atoms with E-state index >= 15 is 0 Å². The predicted octanol–water partition coefficient (Wildman–Crippen LogP) is 2.33. The van der Waals surface area contributed by atoms with Gasteiger partial charge >= 0.3 is 0 Å². The number of hydrogen-bond donors (Lipinski definition) is 4. The number of ether oxygens (including phenoxy) is 1. The molecule has 2 radical (unpaired) electrons. The number of benzene rings is 2. The van der Waals surface area contributed by atoms with Gasteiger partial charge in [-0.05, 0) is 43.2 Å². The van der Waals surface area contributed by atoms with Gasteiger partial charge in [0, 0.05) is 49.0 Å². The average Bonchev–Trinajstić information content (AvgIpc) is 3.29. The molecule has 204 valence electrons. The zero-order chi connectivity index (χ0) is 28.0. The second-order valence-electron chi connectivity index (χ2n) is 9.83. The van der Waals surface area contributed by atoms with Gasteiger partial charge in [-0.25, -0.2) is 4.98 Å². The molecule has 2 aromatic carbocycles. The normalized spacial score (nSPS) is 16.1. The van der Waals surface area contributed by atoms with Crippen LogP contribution in [0.3, 0.4) is 0 Å². The van der Waals surface area contributed by atoms with Crippen molar-refractivity contribution in [2.45, 2.75) is 24.7 Å². The van der Waals surface area contributed by atoms with E-state index in [9.17, 15) is 15.0 Å². The van der Waals surface area contributed by atoms with E-state index < -0.39 is 18.3 Å². The topological polar surface area (TPSA) is 141 Å². The molecule has 0 atom stereocenters. The number of carbonyl (C=O) groups is 1. The molecule has 40 heavy (non-hydrogen) atoms. The number of piperidine rings is 1. The second kappa shape index (κ2) is 10.2. The summed E-state index contributed by atoms with van der Waals surface area (Å²) in [5.41, 5.74) is 2.84. The van der Waals surface area contributed by atoms with Crippen LogP contribution < -0.4 is 25.2 Å². The van der Waals surface area contributed by atoms with Crippen molar-refractivity contribution < 1.29 is 19.7 Å². The van der Waals surface area contributed by atoms with Gasteiger partial charge in [-0.2, -0.15) is 10.1 Å². The molecule has 0 aliphatic carbocycles. The van der Waals surface area contributed by atoms with Crippen LogP contribution in [-0.2, 0) is 11.8 Å². The number of anilines is 5. The fourth-order valence-corrected chi connectivity index (χ4v) is 5.16. The molecular formula is C26H26BClN8O4. The van der Waals surface area contributed by atoms with Crippen molar-refractivity contribution in [2.75, 3.05) is 40.1 Å². The van der Waals surface area contributed by atoms with Gasteiger partial charge in [0.2, 0.25) is 5.95 Å². The number of nitrogens with zero attached hydrogens (tertiary/aromatic N) is 6. The third-order valence-corrected chi connectivity index (χ3v) is 7.30. The third-order valence-electron chi connectivity index (χ3n) is 7.02. The molecule has 2 aliphatic rings.